The molecule has 1 fully saturated rings. The van der Waals surface area contributed by atoms with Gasteiger partial charge < -0.3 is 13.9 Å². The van der Waals surface area contributed by atoms with Crippen LogP contribution in [0.25, 0.3) is 0 Å². The lowest BCUT2D eigenvalue weighted by atomic mass is 9.89. The fourth-order valence-electron chi connectivity index (χ4n) is 2.89. The first-order chi connectivity index (χ1) is 11.7. The maximum absolute atomic E-state index is 8.76. The second-order valence-corrected chi connectivity index (χ2v) is 6.22. The van der Waals surface area contributed by atoms with Gasteiger partial charge in [-0.25, -0.2) is 0 Å². The van der Waals surface area contributed by atoms with E-state index in [1.165, 1.54) is 12.8 Å². The van der Waals surface area contributed by atoms with Crippen LogP contribution < -0.4 is 4.74 Å². The summed E-state index contributed by atoms with van der Waals surface area (Å²) in [4.78, 5) is 0. The van der Waals surface area contributed by atoms with Crippen molar-refractivity contribution in [1.82, 2.24) is 10.2 Å². The van der Waals surface area contributed by atoms with Crippen molar-refractivity contribution < 1.29 is 13.9 Å². The van der Waals surface area contributed by atoms with Crippen LogP contribution in [0.1, 0.15) is 50.0 Å². The third kappa shape index (κ3) is 4.56. The summed E-state index contributed by atoms with van der Waals surface area (Å²) < 4.78 is 17.0. The van der Waals surface area contributed by atoms with Crippen LogP contribution >= 0.6 is 0 Å². The number of aromatic nitrogens is 2. The van der Waals surface area contributed by atoms with Crippen LogP contribution in [-0.2, 0) is 18.0 Å². The van der Waals surface area contributed by atoms with Crippen molar-refractivity contribution in [3.63, 3.8) is 0 Å². The first-order valence-corrected chi connectivity index (χ1v) is 8.29. The molecule has 1 aliphatic rings. The van der Waals surface area contributed by atoms with Crippen LogP contribution in [0.3, 0.4) is 0 Å². The Kier molecular flexibility index (Phi) is 5.44. The van der Waals surface area contributed by atoms with Gasteiger partial charge in [0.05, 0.1) is 17.7 Å². The van der Waals surface area contributed by atoms with Crippen molar-refractivity contribution in [1.29, 1.82) is 5.26 Å². The van der Waals surface area contributed by atoms with Gasteiger partial charge in [-0.15, -0.1) is 10.2 Å². The molecule has 1 saturated carbocycles. The molecule has 0 saturated heterocycles. The SMILES string of the molecule is C[C@@H]1CCC[C@@H](OCc2nnc(COc3ccc(C#N)cc3)o2)C1. The highest BCUT2D eigenvalue weighted by Gasteiger charge is 2.20. The van der Waals surface area contributed by atoms with E-state index in [1.807, 2.05) is 0 Å². The molecular formula is C18H21N3O3. The van der Waals surface area contributed by atoms with Crippen LogP contribution in [0.5, 0.6) is 5.75 Å². The first-order valence-electron chi connectivity index (χ1n) is 8.29. The average Bonchev–Trinajstić information content (AvgIpc) is 3.07. The molecule has 0 bridgehead atoms. The molecule has 2 aromatic rings. The minimum absolute atomic E-state index is 0.194. The molecular weight excluding hydrogens is 306 g/mol. The van der Waals surface area contributed by atoms with Gasteiger partial charge in [0.1, 0.15) is 12.4 Å². The standard InChI is InChI=1S/C18H21N3O3/c1-13-3-2-4-16(9-13)23-12-18-21-20-17(24-18)11-22-15-7-5-14(10-19)6-8-15/h5-8,13,16H,2-4,9,11-12H2,1H3/t13-,16-/m1/s1. The molecule has 0 unspecified atom stereocenters. The first kappa shape index (κ1) is 16.5. The summed E-state index contributed by atoms with van der Waals surface area (Å²) in [6.45, 7) is 2.81. The summed E-state index contributed by atoms with van der Waals surface area (Å²) in [6.07, 6.45) is 5.01. The smallest absolute Gasteiger partial charge is 0.253 e. The molecule has 6 heteroatoms. The maximum atomic E-state index is 8.76. The van der Waals surface area contributed by atoms with Gasteiger partial charge in [0.15, 0.2) is 6.61 Å². The van der Waals surface area contributed by atoms with Crippen molar-refractivity contribution in [2.75, 3.05) is 0 Å². The summed E-state index contributed by atoms with van der Waals surface area (Å²) >= 11 is 0. The minimum atomic E-state index is 0.194. The summed E-state index contributed by atoms with van der Waals surface area (Å²) in [7, 11) is 0. The quantitative estimate of drug-likeness (QED) is 0.806. The zero-order chi connectivity index (χ0) is 16.8. The van der Waals surface area contributed by atoms with E-state index in [-0.39, 0.29) is 6.61 Å². The van der Waals surface area contributed by atoms with Crippen LogP contribution in [-0.4, -0.2) is 16.3 Å². The predicted molar refractivity (Wildman–Crippen MR) is 86.0 cm³/mol. The molecule has 24 heavy (non-hydrogen) atoms. The van der Waals surface area contributed by atoms with Crippen molar-refractivity contribution in [2.45, 2.75) is 51.9 Å². The van der Waals surface area contributed by atoms with Crippen molar-refractivity contribution in [3.05, 3.63) is 41.6 Å². The Morgan fingerprint density at radius 1 is 1.17 bits per heavy atom. The van der Waals surface area contributed by atoms with Crippen LogP contribution in [0, 0.1) is 17.2 Å². The van der Waals surface area contributed by atoms with E-state index in [4.69, 9.17) is 19.2 Å². The molecule has 126 valence electrons. The van der Waals surface area contributed by atoms with Crippen molar-refractivity contribution in [3.8, 4) is 11.8 Å². The van der Waals surface area contributed by atoms with Gasteiger partial charge in [-0.2, -0.15) is 5.26 Å². The van der Waals surface area contributed by atoms with E-state index in [2.05, 4.69) is 23.2 Å². The average molecular weight is 327 g/mol. The number of hydrogen-bond donors (Lipinski definition) is 0. The Morgan fingerprint density at radius 2 is 1.92 bits per heavy atom. The third-order valence-corrected chi connectivity index (χ3v) is 4.19. The van der Waals surface area contributed by atoms with E-state index >= 15 is 0 Å². The molecule has 3 rings (SSSR count). The highest BCUT2D eigenvalue weighted by Crippen LogP contribution is 2.26. The van der Waals surface area contributed by atoms with Crippen LogP contribution in [0.15, 0.2) is 28.7 Å². The molecule has 1 heterocycles. The maximum Gasteiger partial charge on any atom is 0.253 e. The molecule has 1 aliphatic carbocycles. The second kappa shape index (κ2) is 7.93. The van der Waals surface area contributed by atoms with Crippen molar-refractivity contribution >= 4 is 0 Å². The van der Waals surface area contributed by atoms with Crippen LogP contribution in [0.2, 0.25) is 0 Å². The topological polar surface area (TPSA) is 81.2 Å². The highest BCUT2D eigenvalue weighted by molar-refractivity contribution is 5.34. The fraction of sp³-hybridized carbons (Fsp3) is 0.500. The lowest BCUT2D eigenvalue weighted by Crippen LogP contribution is -2.21. The lowest BCUT2D eigenvalue weighted by molar-refractivity contribution is -0.00519. The Hall–Kier alpha value is -2.39. The lowest BCUT2D eigenvalue weighted by Gasteiger charge is -2.26. The largest absolute Gasteiger partial charge is 0.484 e. The Balaban J connectivity index is 1.45. The number of ether oxygens (including phenoxy) is 2. The van der Waals surface area contributed by atoms with E-state index in [9.17, 15) is 0 Å². The zero-order valence-electron chi connectivity index (χ0n) is 13.8. The number of hydrogen-bond acceptors (Lipinski definition) is 6. The summed E-state index contributed by atoms with van der Waals surface area (Å²) in [6, 6.07) is 8.95. The normalized spacial score (nSPS) is 20.5. The monoisotopic (exact) mass is 327 g/mol. The molecule has 1 aromatic heterocycles. The van der Waals surface area contributed by atoms with E-state index in [0.717, 1.165) is 18.8 Å². The summed E-state index contributed by atoms with van der Waals surface area (Å²) in [5, 5.41) is 16.7. The predicted octanol–water partition coefficient (Wildman–Crippen LogP) is 3.62. The van der Waals surface area contributed by atoms with Gasteiger partial charge in [-0.1, -0.05) is 19.8 Å². The molecule has 0 amide bonds. The molecule has 1 aromatic carbocycles. The number of nitriles is 1. The fourth-order valence-corrected chi connectivity index (χ4v) is 2.89. The van der Waals surface area contributed by atoms with Crippen LogP contribution in [0.4, 0.5) is 0 Å². The van der Waals surface area contributed by atoms with E-state index in [1.54, 1.807) is 24.3 Å². The Labute approximate surface area is 141 Å². The Bertz CT molecular complexity index is 690. The van der Waals surface area contributed by atoms with Gasteiger partial charge in [0, 0.05) is 0 Å². The number of nitrogens with zero attached hydrogens (tertiary/aromatic N) is 3. The van der Waals surface area contributed by atoms with Gasteiger partial charge in [-0.3, -0.25) is 0 Å². The number of benzene rings is 1. The molecule has 0 N–H and O–H groups in total. The third-order valence-electron chi connectivity index (χ3n) is 4.19. The van der Waals surface area contributed by atoms with Gasteiger partial charge >= 0.3 is 0 Å². The molecule has 0 aliphatic heterocycles. The Morgan fingerprint density at radius 3 is 2.62 bits per heavy atom. The van der Waals surface area contributed by atoms with Gasteiger partial charge in [-0.05, 0) is 43.0 Å². The van der Waals surface area contributed by atoms with Crippen molar-refractivity contribution in [2.24, 2.45) is 5.92 Å². The summed E-state index contributed by atoms with van der Waals surface area (Å²) in [5.74, 6) is 2.27. The minimum Gasteiger partial charge on any atom is -0.484 e. The van der Waals surface area contributed by atoms with Gasteiger partial charge in [0.25, 0.3) is 5.89 Å². The molecule has 6 nitrogen and oxygen atoms in total. The second-order valence-electron chi connectivity index (χ2n) is 6.22. The number of rotatable bonds is 6. The summed E-state index contributed by atoms with van der Waals surface area (Å²) in [5.41, 5.74) is 0.594. The van der Waals surface area contributed by atoms with Gasteiger partial charge in [0.2, 0.25) is 5.89 Å². The highest BCUT2D eigenvalue weighted by atomic mass is 16.5. The molecule has 2 atom stereocenters. The van der Waals surface area contributed by atoms with E-state index in [0.29, 0.717) is 35.8 Å². The molecule has 0 radical (unpaired) electrons. The van der Waals surface area contributed by atoms with E-state index < -0.39 is 0 Å². The molecule has 0 spiro atoms. The zero-order valence-corrected chi connectivity index (χ0v) is 13.8.